The Morgan fingerprint density at radius 3 is 2.79 bits per heavy atom. The third-order valence-electron chi connectivity index (χ3n) is 4.09. The summed E-state index contributed by atoms with van der Waals surface area (Å²) < 4.78 is 5.77. The van der Waals surface area contributed by atoms with Gasteiger partial charge in [0.05, 0.1) is 18.4 Å². The highest BCUT2D eigenvalue weighted by molar-refractivity contribution is 7.15. The third-order valence-corrected chi connectivity index (χ3v) is 5.28. The van der Waals surface area contributed by atoms with Crippen LogP contribution in [0.2, 0.25) is 4.34 Å². The Labute approximate surface area is 150 Å². The smallest absolute Gasteiger partial charge is 0.258 e. The maximum Gasteiger partial charge on any atom is 0.258 e. The number of ether oxygens (including phenoxy) is 1. The van der Waals surface area contributed by atoms with Crippen LogP contribution in [0.15, 0.2) is 29.2 Å². The lowest BCUT2D eigenvalue weighted by Gasteiger charge is -2.28. The van der Waals surface area contributed by atoms with Crippen LogP contribution >= 0.6 is 22.9 Å². The van der Waals surface area contributed by atoms with Crippen molar-refractivity contribution in [3.63, 3.8) is 0 Å². The van der Waals surface area contributed by atoms with E-state index in [4.69, 9.17) is 16.3 Å². The minimum Gasteiger partial charge on any atom is -0.493 e. The van der Waals surface area contributed by atoms with Crippen molar-refractivity contribution in [2.24, 2.45) is 0 Å². The number of rotatable bonds is 3. The van der Waals surface area contributed by atoms with E-state index >= 15 is 0 Å². The van der Waals surface area contributed by atoms with E-state index in [2.05, 4.69) is 11.1 Å². The third kappa shape index (κ3) is 3.62. The molecule has 0 aliphatic carbocycles. The maximum atomic E-state index is 12.7. The molecule has 0 bridgehead atoms. The average Bonchev–Trinajstić information content (AvgIpc) is 2.95. The van der Waals surface area contributed by atoms with Crippen molar-refractivity contribution in [1.29, 1.82) is 0 Å². The zero-order valence-electron chi connectivity index (χ0n) is 13.7. The number of hydrogen-bond acceptors (Lipinski definition) is 4. The summed E-state index contributed by atoms with van der Waals surface area (Å²) in [6.45, 7) is 3.39. The first-order valence-electron chi connectivity index (χ1n) is 7.82. The molecule has 1 saturated heterocycles. The average molecular weight is 363 g/mol. The molecule has 0 spiro atoms. The summed E-state index contributed by atoms with van der Waals surface area (Å²) in [5.41, 5.74) is 3.88. The molecule has 3 rings (SSSR count). The van der Waals surface area contributed by atoms with Gasteiger partial charge in [0.1, 0.15) is 4.34 Å². The maximum absolute atomic E-state index is 12.7. The molecule has 24 heavy (non-hydrogen) atoms. The van der Waals surface area contributed by atoms with Crippen molar-refractivity contribution in [1.82, 2.24) is 9.88 Å². The van der Waals surface area contributed by atoms with Crippen molar-refractivity contribution in [3.8, 4) is 5.75 Å². The summed E-state index contributed by atoms with van der Waals surface area (Å²) in [5.74, 6) is 0.472. The molecule has 0 radical (unpaired) electrons. The molecule has 2 aromatic rings. The molecule has 0 atom stereocenters. The molecule has 0 saturated carbocycles. The highest BCUT2D eigenvalue weighted by atomic mass is 35.5. The van der Waals surface area contributed by atoms with Crippen LogP contribution in [0.1, 0.15) is 34.6 Å². The van der Waals surface area contributed by atoms with Gasteiger partial charge in [-0.2, -0.15) is 0 Å². The van der Waals surface area contributed by atoms with Crippen LogP contribution in [0.5, 0.6) is 5.75 Å². The van der Waals surface area contributed by atoms with Gasteiger partial charge in [0.15, 0.2) is 5.75 Å². The molecule has 1 amide bonds. The molecule has 0 aromatic carbocycles. The number of nitrogens with zero attached hydrogens (tertiary/aromatic N) is 2. The second kappa shape index (κ2) is 7.36. The predicted molar refractivity (Wildman–Crippen MR) is 98.0 cm³/mol. The van der Waals surface area contributed by atoms with E-state index in [0.29, 0.717) is 28.7 Å². The highest BCUT2D eigenvalue weighted by Crippen LogP contribution is 2.36. The molecule has 4 nitrogen and oxygen atoms in total. The topological polar surface area (TPSA) is 42.4 Å². The lowest BCUT2D eigenvalue weighted by Crippen LogP contribution is -2.36. The number of carbonyl (C=O) groups is 1. The number of carbonyl (C=O) groups excluding carboxylic acids is 1. The van der Waals surface area contributed by atoms with Gasteiger partial charge in [-0.3, -0.25) is 9.78 Å². The molecule has 1 fully saturated rings. The lowest BCUT2D eigenvalue weighted by molar-refractivity contribution is 0.0741. The van der Waals surface area contributed by atoms with Crippen molar-refractivity contribution in [2.45, 2.75) is 19.8 Å². The minimum atomic E-state index is -0.0114. The molecule has 1 aliphatic heterocycles. The molecule has 6 heteroatoms. The van der Waals surface area contributed by atoms with E-state index in [1.807, 2.05) is 30.0 Å². The van der Waals surface area contributed by atoms with Crippen molar-refractivity contribution >= 4 is 34.9 Å². The van der Waals surface area contributed by atoms with Crippen LogP contribution in [0.3, 0.4) is 0 Å². The highest BCUT2D eigenvalue weighted by Gasteiger charge is 2.25. The molecule has 1 aliphatic rings. The van der Waals surface area contributed by atoms with Gasteiger partial charge >= 0.3 is 0 Å². The minimum absolute atomic E-state index is 0.0114. The summed E-state index contributed by atoms with van der Waals surface area (Å²) in [5, 5.41) is 1.77. The Kier molecular flexibility index (Phi) is 5.21. The molecular formula is C18H19ClN2O2S. The quantitative estimate of drug-likeness (QED) is 0.811. The summed E-state index contributed by atoms with van der Waals surface area (Å²) in [6.07, 6.45) is 3.86. The van der Waals surface area contributed by atoms with Crippen LogP contribution in [-0.4, -0.2) is 36.0 Å². The Morgan fingerprint density at radius 1 is 1.38 bits per heavy atom. The van der Waals surface area contributed by atoms with Gasteiger partial charge in [0.2, 0.25) is 0 Å². The van der Waals surface area contributed by atoms with Crippen molar-refractivity contribution < 1.29 is 9.53 Å². The van der Waals surface area contributed by atoms with Gasteiger partial charge in [-0.1, -0.05) is 23.2 Å². The van der Waals surface area contributed by atoms with E-state index in [9.17, 15) is 4.79 Å². The number of likely N-dealkylation sites (tertiary alicyclic amines) is 1. The van der Waals surface area contributed by atoms with Crippen LogP contribution in [-0.2, 0) is 0 Å². The second-order valence-electron chi connectivity index (χ2n) is 5.75. The second-order valence-corrected chi connectivity index (χ2v) is 7.24. The van der Waals surface area contributed by atoms with Gasteiger partial charge in [-0.15, -0.1) is 11.3 Å². The monoisotopic (exact) mass is 362 g/mol. The standard InChI is InChI=1S/C18H19ClN2O2S/c1-12-4-3-5-14(20-12)10-13-6-8-21(9-7-13)18(22)15-11-24-17(19)16(15)23-2/h3-5,10-11H,6-9H2,1-2H3. The van der Waals surface area contributed by atoms with E-state index in [1.165, 1.54) is 24.0 Å². The molecule has 3 heterocycles. The summed E-state index contributed by atoms with van der Waals surface area (Å²) in [7, 11) is 1.54. The van der Waals surface area contributed by atoms with Crippen LogP contribution in [0.25, 0.3) is 6.08 Å². The van der Waals surface area contributed by atoms with Crippen LogP contribution in [0, 0.1) is 6.92 Å². The zero-order valence-corrected chi connectivity index (χ0v) is 15.3. The molecule has 0 unspecified atom stereocenters. The van der Waals surface area contributed by atoms with Gasteiger partial charge in [0.25, 0.3) is 5.91 Å². The SMILES string of the molecule is COc1c(C(=O)N2CCC(=Cc3cccc(C)n3)CC2)csc1Cl. The normalized spacial score (nSPS) is 14.6. The predicted octanol–water partition coefficient (Wildman–Crippen LogP) is 4.43. The number of thiophene rings is 1. The molecule has 126 valence electrons. The van der Waals surface area contributed by atoms with E-state index in [0.717, 1.165) is 24.2 Å². The van der Waals surface area contributed by atoms with Gasteiger partial charge in [-0.25, -0.2) is 0 Å². The summed E-state index contributed by atoms with van der Waals surface area (Å²) in [4.78, 5) is 19.0. The van der Waals surface area contributed by atoms with Crippen LogP contribution in [0.4, 0.5) is 0 Å². The first-order valence-corrected chi connectivity index (χ1v) is 9.07. The van der Waals surface area contributed by atoms with Gasteiger partial charge in [0, 0.05) is 24.2 Å². The fraction of sp³-hybridized carbons (Fsp3) is 0.333. The number of halogens is 1. The Bertz CT molecular complexity index is 775. The van der Waals surface area contributed by atoms with E-state index < -0.39 is 0 Å². The van der Waals surface area contributed by atoms with Gasteiger partial charge < -0.3 is 9.64 Å². The molecule has 2 aromatic heterocycles. The Hall–Kier alpha value is -1.85. The fourth-order valence-electron chi connectivity index (χ4n) is 2.83. The number of aryl methyl sites for hydroxylation is 1. The Balaban J connectivity index is 1.67. The number of amides is 1. The number of piperidine rings is 1. The zero-order chi connectivity index (χ0) is 17.1. The van der Waals surface area contributed by atoms with Crippen molar-refractivity contribution in [3.05, 3.63) is 50.4 Å². The van der Waals surface area contributed by atoms with E-state index in [1.54, 1.807) is 5.38 Å². The van der Waals surface area contributed by atoms with Crippen molar-refractivity contribution in [2.75, 3.05) is 20.2 Å². The lowest BCUT2D eigenvalue weighted by atomic mass is 10.0. The molecule has 0 N–H and O–H groups in total. The number of aromatic nitrogens is 1. The first kappa shape index (κ1) is 17.0. The largest absolute Gasteiger partial charge is 0.493 e. The number of hydrogen-bond donors (Lipinski definition) is 0. The summed E-state index contributed by atoms with van der Waals surface area (Å²) >= 11 is 7.39. The molecular weight excluding hydrogens is 344 g/mol. The number of pyridine rings is 1. The summed E-state index contributed by atoms with van der Waals surface area (Å²) in [6, 6.07) is 6.01. The van der Waals surface area contributed by atoms with Gasteiger partial charge in [-0.05, 0) is 38.0 Å². The number of methoxy groups -OCH3 is 1. The van der Waals surface area contributed by atoms with E-state index in [-0.39, 0.29) is 5.91 Å². The Morgan fingerprint density at radius 2 is 2.12 bits per heavy atom. The fourth-order valence-corrected chi connectivity index (χ4v) is 3.87. The van der Waals surface area contributed by atoms with Crippen LogP contribution < -0.4 is 4.74 Å². The first-order chi connectivity index (χ1) is 11.6.